The van der Waals surface area contributed by atoms with Crippen molar-refractivity contribution >= 4 is 11.0 Å². The topological polar surface area (TPSA) is 71.1 Å². The van der Waals surface area contributed by atoms with E-state index in [-0.39, 0.29) is 6.10 Å². The number of nitrogens with zero attached hydrogens (tertiary/aromatic N) is 2. The minimum Gasteiger partial charge on any atom is -0.486 e. The highest BCUT2D eigenvalue weighted by molar-refractivity contribution is 5.74. The summed E-state index contributed by atoms with van der Waals surface area (Å²) in [6.07, 6.45) is 5.70. The van der Waals surface area contributed by atoms with Gasteiger partial charge in [0.05, 0.1) is 16.7 Å². The van der Waals surface area contributed by atoms with E-state index in [4.69, 9.17) is 4.74 Å². The molecule has 24 heavy (non-hydrogen) atoms. The van der Waals surface area contributed by atoms with Crippen LogP contribution in [0.25, 0.3) is 11.0 Å². The van der Waals surface area contributed by atoms with E-state index in [0.717, 1.165) is 47.7 Å². The van der Waals surface area contributed by atoms with Crippen LogP contribution in [0.1, 0.15) is 12.5 Å². The average Bonchev–Trinajstić information content (AvgIpc) is 2.57. The molecule has 1 saturated heterocycles. The van der Waals surface area contributed by atoms with Gasteiger partial charge in [-0.3, -0.25) is 9.97 Å². The summed E-state index contributed by atoms with van der Waals surface area (Å²) >= 11 is 0. The van der Waals surface area contributed by atoms with Crippen molar-refractivity contribution in [3.8, 4) is 0 Å². The van der Waals surface area contributed by atoms with Gasteiger partial charge < -0.3 is 20.7 Å². The van der Waals surface area contributed by atoms with E-state index in [1.54, 1.807) is 12.4 Å². The number of dihydropyridines is 1. The third-order valence-corrected chi connectivity index (χ3v) is 4.29. The molecule has 2 aliphatic rings. The van der Waals surface area contributed by atoms with Crippen molar-refractivity contribution in [1.82, 2.24) is 25.9 Å². The van der Waals surface area contributed by atoms with E-state index < -0.39 is 0 Å². The Hall–Kier alpha value is -2.60. The summed E-state index contributed by atoms with van der Waals surface area (Å²) in [6, 6.07) is 6.15. The Morgan fingerprint density at radius 2 is 2.04 bits per heavy atom. The minimum absolute atomic E-state index is 0.272. The van der Waals surface area contributed by atoms with Crippen LogP contribution in [0.4, 0.5) is 0 Å². The number of hydrogen-bond acceptors (Lipinski definition) is 6. The molecule has 0 amide bonds. The number of aromatic nitrogens is 2. The molecule has 0 aliphatic carbocycles. The van der Waals surface area contributed by atoms with Crippen LogP contribution in [0.5, 0.6) is 0 Å². The van der Waals surface area contributed by atoms with E-state index >= 15 is 0 Å². The normalized spacial score (nSPS) is 18.0. The summed E-state index contributed by atoms with van der Waals surface area (Å²) in [6.45, 7) is 5.48. The molecule has 124 valence electrons. The fraction of sp³-hybridized carbons (Fsp3) is 0.333. The molecule has 6 nitrogen and oxygen atoms in total. The Balaban J connectivity index is 1.47. The fourth-order valence-corrected chi connectivity index (χ4v) is 2.81. The highest BCUT2D eigenvalue weighted by Gasteiger charge is 2.23. The molecule has 0 atom stereocenters. The summed E-state index contributed by atoms with van der Waals surface area (Å²) in [5.41, 5.74) is 5.21. The highest BCUT2D eigenvalue weighted by atomic mass is 16.5. The molecular formula is C18H21N5O. The molecule has 1 fully saturated rings. The van der Waals surface area contributed by atoms with Gasteiger partial charge in [-0.2, -0.15) is 0 Å². The first-order chi connectivity index (χ1) is 11.8. The predicted molar refractivity (Wildman–Crippen MR) is 92.9 cm³/mol. The Labute approximate surface area is 141 Å². The molecular weight excluding hydrogens is 302 g/mol. The van der Waals surface area contributed by atoms with Gasteiger partial charge in [0.2, 0.25) is 0 Å². The number of nitrogens with one attached hydrogen (secondary N) is 3. The van der Waals surface area contributed by atoms with E-state index in [1.165, 1.54) is 5.57 Å². The molecule has 2 aromatic rings. The van der Waals surface area contributed by atoms with Crippen molar-refractivity contribution in [2.45, 2.75) is 19.6 Å². The maximum absolute atomic E-state index is 6.13. The molecule has 4 rings (SSSR count). The largest absolute Gasteiger partial charge is 0.486 e. The maximum Gasteiger partial charge on any atom is 0.145 e. The third-order valence-electron chi connectivity index (χ3n) is 4.29. The second kappa shape index (κ2) is 6.49. The molecule has 0 radical (unpaired) electrons. The van der Waals surface area contributed by atoms with Gasteiger partial charge in [-0.1, -0.05) is 6.07 Å². The molecule has 0 bridgehead atoms. The number of rotatable bonds is 5. The van der Waals surface area contributed by atoms with Gasteiger partial charge in [-0.05, 0) is 30.2 Å². The lowest BCUT2D eigenvalue weighted by molar-refractivity contribution is 0.0717. The molecule has 2 aliphatic heterocycles. The third kappa shape index (κ3) is 3.05. The van der Waals surface area contributed by atoms with Gasteiger partial charge >= 0.3 is 0 Å². The lowest BCUT2D eigenvalue weighted by Gasteiger charge is -2.32. The van der Waals surface area contributed by atoms with Crippen LogP contribution in [-0.4, -0.2) is 35.7 Å². The standard InChI is InChI=1S/C18H21N5O/c1-12-7-19-11-17(18(12)24-14-9-20-10-14)23-8-13-2-3-15-16(6-13)22-5-4-21-15/h2-6,11,14,19-20,23H,7-10H2,1H3. The van der Waals surface area contributed by atoms with Crippen LogP contribution < -0.4 is 16.0 Å². The number of hydrogen-bond donors (Lipinski definition) is 3. The summed E-state index contributed by atoms with van der Waals surface area (Å²) < 4.78 is 6.13. The first-order valence-corrected chi connectivity index (χ1v) is 8.24. The second-order valence-corrected chi connectivity index (χ2v) is 6.18. The molecule has 0 spiro atoms. The lowest BCUT2D eigenvalue weighted by Crippen LogP contribution is -2.49. The Bertz CT molecular complexity index is 810. The zero-order valence-corrected chi connectivity index (χ0v) is 13.7. The fourth-order valence-electron chi connectivity index (χ4n) is 2.81. The number of benzene rings is 1. The van der Waals surface area contributed by atoms with Gasteiger partial charge in [0.1, 0.15) is 11.9 Å². The predicted octanol–water partition coefficient (Wildman–Crippen LogP) is 1.43. The molecule has 0 unspecified atom stereocenters. The second-order valence-electron chi connectivity index (χ2n) is 6.18. The van der Waals surface area contributed by atoms with Gasteiger partial charge in [0, 0.05) is 44.8 Å². The van der Waals surface area contributed by atoms with Gasteiger partial charge in [0.25, 0.3) is 0 Å². The van der Waals surface area contributed by atoms with Crippen molar-refractivity contribution in [3.05, 3.63) is 59.4 Å². The van der Waals surface area contributed by atoms with Crippen molar-refractivity contribution in [2.75, 3.05) is 19.6 Å². The average molecular weight is 323 g/mol. The zero-order valence-electron chi connectivity index (χ0n) is 13.7. The summed E-state index contributed by atoms with van der Waals surface area (Å²) in [5.74, 6) is 0.973. The summed E-state index contributed by atoms with van der Waals surface area (Å²) in [5, 5.41) is 10.0. The molecule has 3 heterocycles. The quantitative estimate of drug-likeness (QED) is 0.773. The van der Waals surface area contributed by atoms with Crippen LogP contribution in [0, 0.1) is 0 Å². The minimum atomic E-state index is 0.272. The number of fused-ring (bicyclic) bond motifs is 1. The maximum atomic E-state index is 6.13. The molecule has 3 N–H and O–H groups in total. The van der Waals surface area contributed by atoms with Crippen molar-refractivity contribution in [2.24, 2.45) is 0 Å². The van der Waals surface area contributed by atoms with Crippen molar-refractivity contribution in [1.29, 1.82) is 0 Å². The van der Waals surface area contributed by atoms with Crippen LogP contribution in [0.3, 0.4) is 0 Å². The smallest absolute Gasteiger partial charge is 0.145 e. The van der Waals surface area contributed by atoms with Crippen LogP contribution in [0.2, 0.25) is 0 Å². The first kappa shape index (κ1) is 15.0. The monoisotopic (exact) mass is 323 g/mol. The van der Waals surface area contributed by atoms with E-state index in [0.29, 0.717) is 6.54 Å². The first-order valence-electron chi connectivity index (χ1n) is 8.24. The molecule has 6 heteroatoms. The SMILES string of the molecule is CC1=C(OC2CNC2)C(NCc2ccc3nccnc3c2)=CNC1. The Kier molecular flexibility index (Phi) is 4.04. The van der Waals surface area contributed by atoms with Crippen LogP contribution in [-0.2, 0) is 11.3 Å². The van der Waals surface area contributed by atoms with Gasteiger partial charge in [-0.15, -0.1) is 0 Å². The van der Waals surface area contributed by atoms with E-state index in [9.17, 15) is 0 Å². The Morgan fingerprint density at radius 3 is 2.83 bits per heavy atom. The molecule has 1 aromatic heterocycles. The Morgan fingerprint density at radius 1 is 1.21 bits per heavy atom. The van der Waals surface area contributed by atoms with Crippen LogP contribution >= 0.6 is 0 Å². The lowest BCUT2D eigenvalue weighted by atomic mass is 10.1. The summed E-state index contributed by atoms with van der Waals surface area (Å²) in [4.78, 5) is 8.67. The molecule has 0 saturated carbocycles. The van der Waals surface area contributed by atoms with Gasteiger partial charge in [-0.25, -0.2) is 0 Å². The zero-order chi connectivity index (χ0) is 16.4. The van der Waals surface area contributed by atoms with Crippen molar-refractivity contribution in [3.63, 3.8) is 0 Å². The summed E-state index contributed by atoms with van der Waals surface area (Å²) in [7, 11) is 0. The molecule has 1 aromatic carbocycles. The van der Waals surface area contributed by atoms with Gasteiger partial charge in [0.15, 0.2) is 0 Å². The highest BCUT2D eigenvalue weighted by Crippen LogP contribution is 2.21. The van der Waals surface area contributed by atoms with E-state index in [2.05, 4.69) is 45.0 Å². The van der Waals surface area contributed by atoms with E-state index in [1.807, 2.05) is 12.3 Å². The van der Waals surface area contributed by atoms with Crippen molar-refractivity contribution < 1.29 is 4.74 Å². The van der Waals surface area contributed by atoms with Crippen LogP contribution in [0.15, 0.2) is 53.8 Å². The number of ether oxygens (including phenoxy) is 1.